The number of aromatic nitrogens is 3. The average molecular weight is 322 g/mol. The van der Waals surface area contributed by atoms with Gasteiger partial charge in [0.1, 0.15) is 10.7 Å². The van der Waals surface area contributed by atoms with Gasteiger partial charge in [-0.1, -0.05) is 0 Å². The lowest BCUT2D eigenvalue weighted by atomic mass is 10.2. The van der Waals surface area contributed by atoms with E-state index in [1.165, 1.54) is 16.2 Å². The van der Waals surface area contributed by atoms with Crippen LogP contribution in [0.5, 0.6) is 0 Å². The van der Waals surface area contributed by atoms with Crippen molar-refractivity contribution in [1.82, 2.24) is 19.7 Å². The summed E-state index contributed by atoms with van der Waals surface area (Å²) in [5.74, 6) is -1.46. The molecule has 0 aliphatic carbocycles. The zero-order valence-corrected chi connectivity index (χ0v) is 12.6. The van der Waals surface area contributed by atoms with E-state index in [1.807, 2.05) is 6.20 Å². The number of aliphatic carboxylic acids is 1. The van der Waals surface area contributed by atoms with Crippen molar-refractivity contribution in [3.63, 3.8) is 0 Å². The fraction of sp³-hybridized carbons (Fsp3) is 0.385. The molecule has 2 aromatic heterocycles. The van der Waals surface area contributed by atoms with Gasteiger partial charge >= 0.3 is 5.97 Å². The molecule has 1 aliphatic rings. The van der Waals surface area contributed by atoms with Crippen molar-refractivity contribution in [3.05, 3.63) is 23.5 Å². The molecule has 0 radical (unpaired) electrons. The van der Waals surface area contributed by atoms with Crippen molar-refractivity contribution in [1.29, 1.82) is 0 Å². The maximum Gasteiger partial charge on any atom is 0.328 e. The first-order valence-corrected chi connectivity index (χ1v) is 7.50. The van der Waals surface area contributed by atoms with Crippen LogP contribution < -0.4 is 0 Å². The summed E-state index contributed by atoms with van der Waals surface area (Å²) in [5, 5.41) is 15.6. The number of amides is 1. The Morgan fingerprint density at radius 1 is 1.50 bits per heavy atom. The number of hydrogen-bond acceptors (Lipinski definition) is 6. The smallest absolute Gasteiger partial charge is 0.328 e. The molecule has 3 heterocycles. The van der Waals surface area contributed by atoms with Crippen molar-refractivity contribution in [3.8, 4) is 10.6 Å². The van der Waals surface area contributed by atoms with Crippen molar-refractivity contribution >= 4 is 23.2 Å². The Bertz CT molecular complexity index is 710. The highest BCUT2D eigenvalue weighted by atomic mass is 32.1. The van der Waals surface area contributed by atoms with Gasteiger partial charge in [0.05, 0.1) is 19.4 Å². The summed E-state index contributed by atoms with van der Waals surface area (Å²) in [6.45, 7) is 0.575. The Balaban J connectivity index is 1.83. The van der Waals surface area contributed by atoms with Crippen LogP contribution in [0.15, 0.2) is 17.8 Å². The minimum absolute atomic E-state index is 0.000668. The molecule has 1 fully saturated rings. The van der Waals surface area contributed by atoms with Crippen LogP contribution in [0.3, 0.4) is 0 Å². The summed E-state index contributed by atoms with van der Waals surface area (Å²) in [6.07, 6.45) is 3.48. The fourth-order valence-corrected chi connectivity index (χ4v) is 3.00. The molecule has 0 aromatic carbocycles. The molecule has 1 amide bonds. The monoisotopic (exact) mass is 322 g/mol. The Morgan fingerprint density at radius 3 is 3.00 bits per heavy atom. The second kappa shape index (κ2) is 5.85. The summed E-state index contributed by atoms with van der Waals surface area (Å²) < 4.78 is 6.79. The molecule has 116 valence electrons. The van der Waals surface area contributed by atoms with Crippen molar-refractivity contribution < 1.29 is 19.4 Å². The van der Waals surface area contributed by atoms with Gasteiger partial charge in [-0.25, -0.2) is 9.78 Å². The second-order valence-electron chi connectivity index (χ2n) is 4.87. The van der Waals surface area contributed by atoms with Crippen molar-refractivity contribution in [2.24, 2.45) is 7.05 Å². The molecule has 1 saturated heterocycles. The molecule has 2 aromatic rings. The highest BCUT2D eigenvalue weighted by molar-refractivity contribution is 7.13. The number of carbonyl (C=O) groups excluding carboxylic acids is 1. The number of hydrogen-bond donors (Lipinski definition) is 1. The number of aryl methyl sites for hydroxylation is 1. The number of nitrogens with zero attached hydrogens (tertiary/aromatic N) is 4. The number of carboxylic acid groups (broad SMARTS) is 1. The van der Waals surface area contributed by atoms with E-state index in [4.69, 9.17) is 4.74 Å². The molecule has 8 nitrogen and oxygen atoms in total. The van der Waals surface area contributed by atoms with E-state index in [2.05, 4.69) is 10.1 Å². The van der Waals surface area contributed by atoms with E-state index in [-0.39, 0.29) is 24.8 Å². The molecule has 0 spiro atoms. The van der Waals surface area contributed by atoms with Crippen LogP contribution in [0.4, 0.5) is 0 Å². The van der Waals surface area contributed by atoms with Crippen LogP contribution in [0.2, 0.25) is 0 Å². The summed E-state index contributed by atoms with van der Waals surface area (Å²) in [4.78, 5) is 29.3. The lowest BCUT2D eigenvalue weighted by Gasteiger charge is -2.32. The van der Waals surface area contributed by atoms with Crippen molar-refractivity contribution in [2.45, 2.75) is 6.04 Å². The predicted octanol–water partition coefficient (Wildman–Crippen LogP) is 0.469. The highest BCUT2D eigenvalue weighted by Crippen LogP contribution is 2.24. The lowest BCUT2D eigenvalue weighted by molar-refractivity contribution is -0.147. The molecule has 9 heteroatoms. The van der Waals surface area contributed by atoms with Gasteiger partial charge in [-0.05, 0) is 0 Å². The van der Waals surface area contributed by atoms with E-state index in [0.29, 0.717) is 11.6 Å². The van der Waals surface area contributed by atoms with Crippen LogP contribution >= 0.6 is 11.3 Å². The number of carboxylic acids is 1. The van der Waals surface area contributed by atoms with Gasteiger partial charge in [0, 0.05) is 30.7 Å². The molecule has 1 unspecified atom stereocenters. The number of rotatable bonds is 3. The molecule has 0 bridgehead atoms. The molecule has 1 aliphatic heterocycles. The maximum absolute atomic E-state index is 12.5. The molecule has 1 N–H and O–H groups in total. The normalized spacial score (nSPS) is 18.4. The first-order valence-electron chi connectivity index (χ1n) is 6.62. The Labute approximate surface area is 129 Å². The van der Waals surface area contributed by atoms with E-state index >= 15 is 0 Å². The third kappa shape index (κ3) is 2.72. The Hall–Kier alpha value is -2.26. The maximum atomic E-state index is 12.5. The van der Waals surface area contributed by atoms with Gasteiger partial charge < -0.3 is 14.7 Å². The number of carbonyl (C=O) groups is 2. The van der Waals surface area contributed by atoms with Gasteiger partial charge in [-0.15, -0.1) is 11.3 Å². The minimum Gasteiger partial charge on any atom is -0.480 e. The fourth-order valence-electron chi connectivity index (χ4n) is 2.23. The van der Waals surface area contributed by atoms with Gasteiger partial charge in [-0.3, -0.25) is 9.48 Å². The third-order valence-corrected chi connectivity index (χ3v) is 4.24. The summed E-state index contributed by atoms with van der Waals surface area (Å²) in [6, 6.07) is -0.968. The van der Waals surface area contributed by atoms with Gasteiger partial charge in [0.25, 0.3) is 5.91 Å². The Morgan fingerprint density at radius 2 is 2.32 bits per heavy atom. The second-order valence-corrected chi connectivity index (χ2v) is 5.73. The molecule has 1 atom stereocenters. The van der Waals surface area contributed by atoms with E-state index in [0.717, 1.165) is 5.56 Å². The summed E-state index contributed by atoms with van der Waals surface area (Å²) >= 11 is 1.33. The van der Waals surface area contributed by atoms with Crippen molar-refractivity contribution in [2.75, 3.05) is 19.8 Å². The predicted molar refractivity (Wildman–Crippen MR) is 77.6 cm³/mol. The van der Waals surface area contributed by atoms with Crippen LogP contribution in [-0.2, 0) is 16.6 Å². The van der Waals surface area contributed by atoms with Crippen LogP contribution in [0.25, 0.3) is 10.6 Å². The molecular weight excluding hydrogens is 308 g/mol. The van der Waals surface area contributed by atoms with Gasteiger partial charge in [0.2, 0.25) is 0 Å². The SMILES string of the molecule is Cn1cc(-c2nc(C(=O)N3CCOCC3C(=O)O)cs2)cn1. The van der Waals surface area contributed by atoms with Crippen LogP contribution in [0, 0.1) is 0 Å². The highest BCUT2D eigenvalue weighted by Gasteiger charge is 2.34. The molecular formula is C13H14N4O4S. The van der Waals surface area contributed by atoms with E-state index < -0.39 is 12.0 Å². The number of morpholine rings is 1. The summed E-state index contributed by atoms with van der Waals surface area (Å²) in [5.41, 5.74) is 1.07. The lowest BCUT2D eigenvalue weighted by Crippen LogP contribution is -2.52. The molecule has 0 saturated carbocycles. The van der Waals surface area contributed by atoms with E-state index in [9.17, 15) is 14.7 Å². The van der Waals surface area contributed by atoms with Gasteiger partial charge in [0.15, 0.2) is 6.04 Å². The van der Waals surface area contributed by atoms with E-state index in [1.54, 1.807) is 23.3 Å². The zero-order valence-electron chi connectivity index (χ0n) is 11.8. The summed E-state index contributed by atoms with van der Waals surface area (Å²) in [7, 11) is 1.80. The van der Waals surface area contributed by atoms with Crippen LogP contribution in [-0.4, -0.2) is 62.4 Å². The first-order chi connectivity index (χ1) is 10.6. The topological polar surface area (TPSA) is 97.6 Å². The third-order valence-electron chi connectivity index (χ3n) is 3.35. The first kappa shape index (κ1) is 14.7. The average Bonchev–Trinajstić information content (AvgIpc) is 3.15. The minimum atomic E-state index is -1.07. The largest absolute Gasteiger partial charge is 0.480 e. The molecule has 22 heavy (non-hydrogen) atoms. The van der Waals surface area contributed by atoms with Crippen LogP contribution in [0.1, 0.15) is 10.5 Å². The Kier molecular flexibility index (Phi) is 3.90. The number of thiazole rings is 1. The zero-order chi connectivity index (χ0) is 15.7. The quantitative estimate of drug-likeness (QED) is 0.882. The number of ether oxygens (including phenoxy) is 1. The standard InChI is InChI=1S/C13H14N4O4S/c1-16-5-8(4-14-16)11-15-9(7-22-11)12(18)17-2-3-21-6-10(17)13(19)20/h4-5,7,10H,2-3,6H2,1H3,(H,19,20). The van der Waals surface area contributed by atoms with Gasteiger partial charge in [-0.2, -0.15) is 5.10 Å². The molecule has 3 rings (SSSR count).